The highest BCUT2D eigenvalue weighted by Crippen LogP contribution is 2.09. The van der Waals surface area contributed by atoms with Crippen LogP contribution < -0.4 is 0 Å². The molecule has 1 aromatic rings. The van der Waals surface area contributed by atoms with Crippen molar-refractivity contribution in [1.82, 2.24) is 0 Å². The molecule has 1 heterocycles. The van der Waals surface area contributed by atoms with Crippen LogP contribution in [-0.4, -0.2) is 9.25 Å². The zero-order valence-corrected chi connectivity index (χ0v) is 7.04. The maximum absolute atomic E-state index is 11.2. The van der Waals surface area contributed by atoms with E-state index in [2.05, 4.69) is 11.2 Å². The summed E-state index contributed by atoms with van der Waals surface area (Å²) in [5.74, 6) is 0. The monoisotopic (exact) mass is 176 g/mol. The summed E-state index contributed by atoms with van der Waals surface area (Å²) in [7, 11) is -1.10. The van der Waals surface area contributed by atoms with Gasteiger partial charge in [0.2, 0.25) is 0 Å². The third kappa shape index (κ3) is 1.23. The van der Waals surface area contributed by atoms with Gasteiger partial charge in [-0.2, -0.15) is 0 Å². The first-order valence-corrected chi connectivity index (χ1v) is 4.72. The Labute approximate surface area is 73.1 Å². The van der Waals surface area contributed by atoms with Crippen LogP contribution in [0.1, 0.15) is 5.56 Å². The van der Waals surface area contributed by atoms with Crippen molar-refractivity contribution < 1.29 is 4.21 Å². The van der Waals surface area contributed by atoms with Crippen molar-refractivity contribution in [2.45, 2.75) is 0 Å². The van der Waals surface area contributed by atoms with Crippen LogP contribution in [-0.2, 0) is 10.8 Å². The molecule has 0 fully saturated rings. The molecule has 1 atom stereocenters. The minimum absolute atomic E-state index is 0.593. The third-order valence-corrected chi connectivity index (χ3v) is 2.56. The largest absolute Gasteiger partial charge is 0.443 e. The van der Waals surface area contributed by atoms with E-state index < -0.39 is 10.8 Å². The van der Waals surface area contributed by atoms with E-state index >= 15 is 0 Å². The highest BCUT2D eigenvalue weighted by atomic mass is 32.2. The Morgan fingerprint density at radius 2 is 2.00 bits per heavy atom. The fraction of sp³-hybridized carbons (Fsp3) is 0. The molecule has 0 amide bonds. The van der Waals surface area contributed by atoms with E-state index in [9.17, 15) is 4.21 Å². The first-order valence-electron chi connectivity index (χ1n) is 3.50. The van der Waals surface area contributed by atoms with Gasteiger partial charge in [0.05, 0.1) is 0 Å². The molecule has 2 nitrogen and oxygen atoms in total. The normalized spacial score (nSPS) is 21.0. The van der Waals surface area contributed by atoms with Crippen molar-refractivity contribution in [3.63, 3.8) is 0 Å². The van der Waals surface area contributed by atoms with Gasteiger partial charge in [-0.3, -0.25) is 4.21 Å². The molecule has 0 aromatic heterocycles. The molecule has 12 heavy (non-hydrogen) atoms. The van der Waals surface area contributed by atoms with Gasteiger partial charge < -0.3 is 4.99 Å². The van der Waals surface area contributed by atoms with Crippen LogP contribution >= 0.6 is 0 Å². The molecule has 0 saturated carbocycles. The summed E-state index contributed by atoms with van der Waals surface area (Å²) in [5, 5.41) is 2.05. The predicted octanol–water partition coefficient (Wildman–Crippen LogP) is 1.47. The van der Waals surface area contributed by atoms with Crippen molar-refractivity contribution >= 4 is 15.8 Å². The lowest BCUT2D eigenvalue weighted by Gasteiger charge is -2.06. The summed E-state index contributed by atoms with van der Waals surface area (Å²) in [4.78, 5) is 3.90. The molecule has 0 N–H and O–H groups in total. The number of nitrogens with zero attached hydrogens (tertiary/aromatic N) is 1. The van der Waals surface area contributed by atoms with E-state index in [0.717, 1.165) is 5.56 Å². The van der Waals surface area contributed by atoms with Crippen LogP contribution in [0.5, 0.6) is 0 Å². The second-order valence-electron chi connectivity index (χ2n) is 2.33. The maximum Gasteiger partial charge on any atom is -0.00505 e. The van der Waals surface area contributed by atoms with E-state index in [-0.39, 0.29) is 0 Å². The van der Waals surface area contributed by atoms with Crippen LogP contribution in [0.15, 0.2) is 40.7 Å². The van der Waals surface area contributed by atoms with Crippen LogP contribution in [0.25, 0.3) is 0 Å². The highest BCUT2D eigenvalue weighted by Gasteiger charge is 2.00. The van der Waals surface area contributed by atoms with Gasteiger partial charge in [-0.1, -0.05) is 41.3 Å². The van der Waals surface area contributed by atoms with E-state index in [1.807, 2.05) is 30.3 Å². The van der Waals surface area contributed by atoms with E-state index in [0.29, 0.717) is 5.04 Å². The quantitative estimate of drug-likeness (QED) is 0.596. The Kier molecular flexibility index (Phi) is 1.87. The smallest absolute Gasteiger partial charge is 0.00505 e. The van der Waals surface area contributed by atoms with Gasteiger partial charge in [-0.05, 0) is 15.8 Å². The zero-order valence-electron chi connectivity index (χ0n) is 6.23. The number of rotatable bonds is 1. The molecule has 60 valence electrons. The van der Waals surface area contributed by atoms with Gasteiger partial charge in [0.25, 0.3) is 0 Å². The molecule has 1 unspecified atom stereocenters. The van der Waals surface area contributed by atoms with E-state index in [1.54, 1.807) is 0 Å². The second-order valence-corrected chi connectivity index (χ2v) is 3.54. The Balaban J connectivity index is 2.40. The van der Waals surface area contributed by atoms with E-state index in [4.69, 9.17) is 0 Å². The van der Waals surface area contributed by atoms with Crippen molar-refractivity contribution in [1.29, 1.82) is 0 Å². The number of hydrogen-bond acceptors (Lipinski definition) is 2. The van der Waals surface area contributed by atoms with Crippen LogP contribution in [0.4, 0.5) is 0 Å². The zero-order chi connectivity index (χ0) is 8.39. The van der Waals surface area contributed by atoms with Crippen molar-refractivity contribution in [2.75, 3.05) is 0 Å². The first-order chi connectivity index (χ1) is 5.88. The average molecular weight is 176 g/mol. The second kappa shape index (κ2) is 3.03. The predicted molar refractivity (Wildman–Crippen MR) is 48.9 cm³/mol. The molecule has 1 aliphatic heterocycles. The summed E-state index contributed by atoms with van der Waals surface area (Å²) < 4.78 is 11.2. The summed E-state index contributed by atoms with van der Waals surface area (Å²) >= 11 is 0. The van der Waals surface area contributed by atoms with Crippen molar-refractivity contribution in [3.8, 4) is 0 Å². The van der Waals surface area contributed by atoms with Gasteiger partial charge in [0.1, 0.15) is 0 Å². The van der Waals surface area contributed by atoms with Gasteiger partial charge in [0.15, 0.2) is 0 Å². The van der Waals surface area contributed by atoms with Gasteiger partial charge in [-0.25, -0.2) is 0 Å². The topological polar surface area (TPSA) is 29.4 Å². The molecular weight excluding hydrogens is 170 g/mol. The summed E-state index contributed by atoms with van der Waals surface area (Å²) in [5.41, 5.74) is 0.900. The lowest BCUT2D eigenvalue weighted by molar-refractivity contribution is 0.695. The van der Waals surface area contributed by atoms with Crippen LogP contribution in [0.3, 0.4) is 0 Å². The molecule has 0 spiro atoms. The number of benzene rings is 1. The van der Waals surface area contributed by atoms with Gasteiger partial charge in [0, 0.05) is 0 Å². The standard InChI is InChI=1S/C9H6NOS/c11-12-7-6-10-9(12)8-4-2-1-3-5-8/h1-5,7H/q-1. The van der Waals surface area contributed by atoms with Crippen molar-refractivity contribution in [3.05, 3.63) is 47.5 Å². The van der Waals surface area contributed by atoms with Crippen LogP contribution in [0, 0.1) is 6.20 Å². The van der Waals surface area contributed by atoms with E-state index in [1.165, 1.54) is 5.41 Å². The Morgan fingerprint density at radius 3 is 2.58 bits per heavy atom. The summed E-state index contributed by atoms with van der Waals surface area (Å²) in [6.07, 6.45) is 2.58. The van der Waals surface area contributed by atoms with Gasteiger partial charge in [-0.15, -0.1) is 6.20 Å². The molecule has 1 aliphatic rings. The minimum atomic E-state index is -1.10. The molecular formula is C9H6NOS-. The average Bonchev–Trinajstić information content (AvgIpc) is 2.53. The highest BCUT2D eigenvalue weighted by molar-refractivity contribution is 8.04. The Morgan fingerprint density at radius 1 is 1.25 bits per heavy atom. The fourth-order valence-electron chi connectivity index (χ4n) is 0.995. The number of aliphatic imine (C=N–C) groups is 1. The number of hydrogen-bond donors (Lipinski definition) is 0. The van der Waals surface area contributed by atoms with Crippen LogP contribution in [0.2, 0.25) is 0 Å². The SMILES string of the molecule is O=S1C=[C-]N=C1c1ccccc1. The minimum Gasteiger partial charge on any atom is -0.443 e. The molecule has 0 aliphatic carbocycles. The Bertz CT molecular complexity index is 367. The molecule has 0 radical (unpaired) electrons. The lowest BCUT2D eigenvalue weighted by Crippen LogP contribution is -2.02. The lowest BCUT2D eigenvalue weighted by atomic mass is 10.2. The molecule has 0 saturated heterocycles. The van der Waals surface area contributed by atoms with Crippen molar-refractivity contribution in [2.24, 2.45) is 4.99 Å². The first kappa shape index (κ1) is 7.43. The fourth-order valence-corrected chi connectivity index (χ4v) is 1.77. The maximum atomic E-state index is 11.2. The Hall–Kier alpha value is -1.22. The summed E-state index contributed by atoms with van der Waals surface area (Å²) in [6.45, 7) is 0. The molecule has 0 bridgehead atoms. The molecule has 3 heteroatoms. The molecule has 1 aromatic carbocycles. The molecule has 2 rings (SSSR count). The van der Waals surface area contributed by atoms with Gasteiger partial charge >= 0.3 is 0 Å². The third-order valence-electron chi connectivity index (χ3n) is 1.54. The summed E-state index contributed by atoms with van der Waals surface area (Å²) in [6, 6.07) is 9.48.